The molecule has 0 saturated carbocycles. The minimum Gasteiger partial charge on any atom is -0.487 e. The normalized spacial score (nSPS) is 12.3. The molecule has 5 nitrogen and oxygen atoms in total. The second-order valence-corrected chi connectivity index (χ2v) is 7.56. The Hall–Kier alpha value is -3.67. The number of halogens is 7. The van der Waals surface area contributed by atoms with E-state index in [2.05, 4.69) is 15.0 Å². The van der Waals surface area contributed by atoms with Gasteiger partial charge >= 0.3 is 18.0 Å². The number of nitrogens with one attached hydrogen (secondary N) is 1. The Kier molecular flexibility index (Phi) is 8.18. The number of anilines is 1. The van der Waals surface area contributed by atoms with E-state index in [-0.39, 0.29) is 17.9 Å². The van der Waals surface area contributed by atoms with Crippen molar-refractivity contribution in [3.8, 4) is 5.75 Å². The Bertz CT molecular complexity index is 1140. The first-order valence-electron chi connectivity index (χ1n) is 10.3. The second-order valence-electron chi connectivity index (χ2n) is 7.56. The van der Waals surface area contributed by atoms with Crippen molar-refractivity contribution >= 4 is 11.6 Å². The van der Waals surface area contributed by atoms with E-state index in [0.29, 0.717) is 12.3 Å². The lowest BCUT2D eigenvalue weighted by Gasteiger charge is -2.27. The van der Waals surface area contributed by atoms with Gasteiger partial charge in [0.25, 0.3) is 5.91 Å². The van der Waals surface area contributed by atoms with E-state index in [4.69, 9.17) is 4.74 Å². The standard InChI is InChI=1S/C24H19F7N2O3/c25-22(26,23(27,28)24(29,30)31)15-36-20-10-8-18(9-11-20)33-21(34)17-6-7-19(32-12-17)14-35-13-16-4-2-1-3-5-16/h1-12H,13-15H2,(H,33,34). The lowest BCUT2D eigenvalue weighted by molar-refractivity contribution is -0.358. The van der Waals surface area contributed by atoms with Gasteiger partial charge in [-0.25, -0.2) is 0 Å². The number of hydrogen-bond donors (Lipinski definition) is 1. The van der Waals surface area contributed by atoms with Gasteiger partial charge in [0.15, 0.2) is 6.61 Å². The van der Waals surface area contributed by atoms with Crippen LogP contribution in [0.2, 0.25) is 0 Å². The average Bonchev–Trinajstić information content (AvgIpc) is 2.84. The van der Waals surface area contributed by atoms with E-state index in [9.17, 15) is 35.5 Å². The van der Waals surface area contributed by atoms with Crippen LogP contribution in [0.1, 0.15) is 21.6 Å². The minimum absolute atomic E-state index is 0.190. The lowest BCUT2D eigenvalue weighted by atomic mass is 10.2. The molecule has 192 valence electrons. The van der Waals surface area contributed by atoms with E-state index in [1.807, 2.05) is 30.3 Å². The average molecular weight is 516 g/mol. The van der Waals surface area contributed by atoms with Crippen LogP contribution in [0.25, 0.3) is 0 Å². The quantitative estimate of drug-likeness (QED) is 0.323. The van der Waals surface area contributed by atoms with E-state index >= 15 is 0 Å². The van der Waals surface area contributed by atoms with Crippen LogP contribution >= 0.6 is 0 Å². The molecule has 3 rings (SSSR count). The summed E-state index contributed by atoms with van der Waals surface area (Å²) in [6, 6.07) is 17.1. The molecule has 12 heteroatoms. The molecule has 1 N–H and O–H groups in total. The molecule has 0 atom stereocenters. The molecule has 2 aromatic carbocycles. The van der Waals surface area contributed by atoms with Crippen LogP contribution in [0.5, 0.6) is 5.75 Å². The number of rotatable bonds is 10. The SMILES string of the molecule is O=C(Nc1ccc(OCC(F)(F)C(F)(F)C(F)(F)F)cc1)c1ccc(COCc2ccccc2)nc1. The van der Waals surface area contributed by atoms with Gasteiger partial charge in [-0.1, -0.05) is 30.3 Å². The molecule has 1 aromatic heterocycles. The van der Waals surface area contributed by atoms with Crippen molar-refractivity contribution in [2.45, 2.75) is 31.2 Å². The third kappa shape index (κ3) is 6.72. The Morgan fingerprint density at radius 1 is 0.833 bits per heavy atom. The monoisotopic (exact) mass is 516 g/mol. The molecule has 0 aliphatic heterocycles. The van der Waals surface area contributed by atoms with Gasteiger partial charge in [-0.2, -0.15) is 30.7 Å². The Balaban J connectivity index is 1.50. The fraction of sp³-hybridized carbons (Fsp3) is 0.250. The molecular weight excluding hydrogens is 497 g/mol. The maximum atomic E-state index is 13.3. The number of hydrogen-bond acceptors (Lipinski definition) is 4. The summed E-state index contributed by atoms with van der Waals surface area (Å²) >= 11 is 0. The third-order valence-corrected chi connectivity index (χ3v) is 4.80. The van der Waals surface area contributed by atoms with Gasteiger partial charge in [0.05, 0.1) is 24.5 Å². The molecule has 0 saturated heterocycles. The van der Waals surface area contributed by atoms with Crippen molar-refractivity contribution in [1.29, 1.82) is 0 Å². The van der Waals surface area contributed by atoms with Gasteiger partial charge in [-0.3, -0.25) is 9.78 Å². The van der Waals surface area contributed by atoms with E-state index in [0.717, 1.165) is 17.7 Å². The summed E-state index contributed by atoms with van der Waals surface area (Å²) in [6.07, 6.45) is -5.10. The molecule has 0 bridgehead atoms. The summed E-state index contributed by atoms with van der Waals surface area (Å²) in [4.78, 5) is 16.5. The largest absolute Gasteiger partial charge is 0.487 e. The Morgan fingerprint density at radius 2 is 1.50 bits per heavy atom. The smallest absolute Gasteiger partial charge is 0.460 e. The van der Waals surface area contributed by atoms with E-state index in [1.54, 1.807) is 6.07 Å². The molecule has 1 heterocycles. The highest BCUT2D eigenvalue weighted by atomic mass is 19.4. The summed E-state index contributed by atoms with van der Waals surface area (Å²) in [5.74, 6) is -12.7. The summed E-state index contributed by atoms with van der Waals surface area (Å²) in [5, 5.41) is 2.50. The third-order valence-electron chi connectivity index (χ3n) is 4.80. The molecule has 0 unspecified atom stereocenters. The van der Waals surface area contributed by atoms with Crippen molar-refractivity contribution in [2.75, 3.05) is 11.9 Å². The fourth-order valence-corrected chi connectivity index (χ4v) is 2.80. The first kappa shape index (κ1) is 26.9. The fourth-order valence-electron chi connectivity index (χ4n) is 2.80. The maximum absolute atomic E-state index is 13.3. The molecule has 0 fully saturated rings. The number of pyridine rings is 1. The number of ether oxygens (including phenoxy) is 2. The van der Waals surface area contributed by atoms with Crippen molar-refractivity contribution in [1.82, 2.24) is 4.98 Å². The van der Waals surface area contributed by atoms with Gasteiger partial charge in [0.1, 0.15) is 5.75 Å². The van der Waals surface area contributed by atoms with E-state index < -0.39 is 36.3 Å². The summed E-state index contributed by atoms with van der Waals surface area (Å²) in [6.45, 7) is -1.57. The zero-order valence-electron chi connectivity index (χ0n) is 18.4. The van der Waals surface area contributed by atoms with Gasteiger partial charge in [-0.05, 0) is 42.0 Å². The van der Waals surface area contributed by atoms with Gasteiger partial charge in [0.2, 0.25) is 0 Å². The number of carbonyl (C=O) groups is 1. The van der Waals surface area contributed by atoms with Gasteiger partial charge in [-0.15, -0.1) is 0 Å². The highest BCUT2D eigenvalue weighted by molar-refractivity contribution is 6.04. The topological polar surface area (TPSA) is 60.5 Å². The van der Waals surface area contributed by atoms with Crippen LogP contribution in [-0.2, 0) is 18.0 Å². The van der Waals surface area contributed by atoms with Crippen LogP contribution in [0.15, 0.2) is 72.9 Å². The Labute approximate surface area is 200 Å². The number of amides is 1. The molecule has 0 aliphatic carbocycles. The van der Waals surface area contributed by atoms with Crippen molar-refractivity contribution in [3.05, 3.63) is 89.7 Å². The van der Waals surface area contributed by atoms with Gasteiger partial charge in [0, 0.05) is 11.9 Å². The molecule has 0 aliphatic rings. The highest BCUT2D eigenvalue weighted by Crippen LogP contribution is 2.46. The maximum Gasteiger partial charge on any atom is 0.460 e. The zero-order chi connectivity index (χ0) is 26.4. The van der Waals surface area contributed by atoms with Crippen LogP contribution in [0.3, 0.4) is 0 Å². The van der Waals surface area contributed by atoms with Crippen molar-refractivity contribution < 1.29 is 45.0 Å². The Morgan fingerprint density at radius 3 is 2.08 bits per heavy atom. The number of alkyl halides is 7. The molecule has 0 radical (unpaired) electrons. The number of aromatic nitrogens is 1. The lowest BCUT2D eigenvalue weighted by Crippen LogP contribution is -2.54. The number of benzene rings is 2. The van der Waals surface area contributed by atoms with Gasteiger partial charge < -0.3 is 14.8 Å². The number of nitrogens with zero attached hydrogens (tertiary/aromatic N) is 1. The summed E-state index contributed by atoms with van der Waals surface area (Å²) < 4.78 is 99.0. The predicted molar refractivity (Wildman–Crippen MR) is 115 cm³/mol. The molecule has 3 aromatic rings. The highest BCUT2D eigenvalue weighted by Gasteiger charge is 2.73. The summed E-state index contributed by atoms with van der Waals surface area (Å²) in [7, 11) is 0. The molecule has 36 heavy (non-hydrogen) atoms. The van der Waals surface area contributed by atoms with Crippen LogP contribution < -0.4 is 10.1 Å². The van der Waals surface area contributed by atoms with Crippen molar-refractivity contribution in [3.63, 3.8) is 0 Å². The van der Waals surface area contributed by atoms with Crippen LogP contribution in [0.4, 0.5) is 36.4 Å². The predicted octanol–water partition coefficient (Wildman–Crippen LogP) is 6.26. The first-order valence-corrected chi connectivity index (χ1v) is 10.3. The van der Waals surface area contributed by atoms with Crippen molar-refractivity contribution in [2.24, 2.45) is 0 Å². The summed E-state index contributed by atoms with van der Waals surface area (Å²) in [5.41, 5.74) is 1.99. The van der Waals surface area contributed by atoms with Crippen LogP contribution in [-0.4, -0.2) is 35.5 Å². The molecular formula is C24H19F7N2O3. The minimum atomic E-state index is -6.43. The van der Waals surface area contributed by atoms with Crippen LogP contribution in [0, 0.1) is 0 Å². The number of carbonyl (C=O) groups excluding carboxylic acids is 1. The molecule has 0 spiro atoms. The second kappa shape index (κ2) is 10.9. The van der Waals surface area contributed by atoms with E-state index in [1.165, 1.54) is 24.4 Å². The molecule has 1 amide bonds. The zero-order valence-corrected chi connectivity index (χ0v) is 18.4. The first-order chi connectivity index (χ1) is 16.9.